The van der Waals surface area contributed by atoms with Gasteiger partial charge >= 0.3 is 17.9 Å². The van der Waals surface area contributed by atoms with E-state index in [0.29, 0.717) is 13.0 Å². The molecule has 130 valence electrons. The maximum Gasteiger partial charge on any atom is 0.329 e. The van der Waals surface area contributed by atoms with E-state index in [2.05, 4.69) is 19.5 Å². The van der Waals surface area contributed by atoms with E-state index in [1.165, 1.54) is 0 Å². The normalized spacial score (nSPS) is 19.3. The average molecular weight is 331 g/mol. The minimum Gasteiger partial charge on any atom is -0.469 e. The molecule has 0 aromatic heterocycles. The second kappa shape index (κ2) is 9.09. The van der Waals surface area contributed by atoms with Crippen LogP contribution in [0.4, 0.5) is 0 Å². The van der Waals surface area contributed by atoms with Crippen molar-refractivity contribution in [1.29, 1.82) is 0 Å². The number of ether oxygens (including phenoxy) is 4. The largest absolute Gasteiger partial charge is 0.469 e. The molecular formula is C14H21NO8. The summed E-state index contributed by atoms with van der Waals surface area (Å²) in [6.07, 6.45) is 0.0873. The van der Waals surface area contributed by atoms with Gasteiger partial charge in [0, 0.05) is 6.61 Å². The predicted molar refractivity (Wildman–Crippen MR) is 75.0 cm³/mol. The van der Waals surface area contributed by atoms with Crippen LogP contribution in [0.25, 0.3) is 0 Å². The zero-order valence-corrected chi connectivity index (χ0v) is 13.3. The zero-order chi connectivity index (χ0) is 17.4. The molecule has 0 bridgehead atoms. The maximum atomic E-state index is 12.2. The first kappa shape index (κ1) is 18.9. The van der Waals surface area contributed by atoms with Crippen LogP contribution in [-0.2, 0) is 38.1 Å². The molecule has 0 spiro atoms. The molecular weight excluding hydrogens is 310 g/mol. The van der Waals surface area contributed by atoms with Gasteiger partial charge in [0.1, 0.15) is 6.04 Å². The minimum absolute atomic E-state index is 0.236. The lowest BCUT2D eigenvalue weighted by molar-refractivity contribution is -0.159. The molecule has 0 aromatic carbocycles. The zero-order valence-electron chi connectivity index (χ0n) is 13.3. The van der Waals surface area contributed by atoms with E-state index in [1.54, 1.807) is 0 Å². The standard InChI is InChI=1S/C14H21NO8/c1-20-10(16)6-9(13(18)21-2)11(14(19)22-3)15-12(17)8-4-5-23-7-8/h8-9,11H,4-7H2,1-3H3,(H,15,17)/t8-,9+,11+/m0/s1. The highest BCUT2D eigenvalue weighted by atomic mass is 16.5. The van der Waals surface area contributed by atoms with Crippen molar-refractivity contribution < 1.29 is 38.1 Å². The Morgan fingerprint density at radius 1 is 1.09 bits per heavy atom. The van der Waals surface area contributed by atoms with Crippen molar-refractivity contribution in [3.05, 3.63) is 0 Å². The molecule has 0 unspecified atom stereocenters. The molecule has 1 N–H and O–H groups in total. The number of hydrogen-bond acceptors (Lipinski definition) is 8. The van der Waals surface area contributed by atoms with E-state index in [-0.39, 0.29) is 6.61 Å². The van der Waals surface area contributed by atoms with Crippen LogP contribution < -0.4 is 5.32 Å². The van der Waals surface area contributed by atoms with Crippen molar-refractivity contribution in [1.82, 2.24) is 5.32 Å². The number of rotatable bonds is 7. The molecule has 1 aliphatic rings. The van der Waals surface area contributed by atoms with Crippen molar-refractivity contribution in [2.45, 2.75) is 18.9 Å². The Balaban J connectivity index is 2.93. The van der Waals surface area contributed by atoms with Crippen LogP contribution in [0.1, 0.15) is 12.8 Å². The van der Waals surface area contributed by atoms with Crippen LogP contribution in [0.15, 0.2) is 0 Å². The summed E-state index contributed by atoms with van der Waals surface area (Å²) in [6, 6.07) is -1.35. The molecule has 23 heavy (non-hydrogen) atoms. The topological polar surface area (TPSA) is 117 Å². The summed E-state index contributed by atoms with van der Waals surface area (Å²) < 4.78 is 18.9. The van der Waals surface area contributed by atoms with Gasteiger partial charge in [0.15, 0.2) is 0 Å². The fourth-order valence-corrected chi connectivity index (χ4v) is 2.21. The number of hydrogen-bond donors (Lipinski definition) is 1. The average Bonchev–Trinajstić information content (AvgIpc) is 3.10. The number of carbonyl (C=O) groups is 4. The lowest BCUT2D eigenvalue weighted by atomic mass is 9.95. The van der Waals surface area contributed by atoms with Gasteiger partial charge < -0.3 is 24.3 Å². The molecule has 9 nitrogen and oxygen atoms in total. The Morgan fingerprint density at radius 3 is 2.22 bits per heavy atom. The number of esters is 3. The van der Waals surface area contributed by atoms with E-state index in [4.69, 9.17) is 4.74 Å². The Labute approximate surface area is 133 Å². The Morgan fingerprint density at radius 2 is 1.74 bits per heavy atom. The van der Waals surface area contributed by atoms with Crippen LogP contribution in [0.5, 0.6) is 0 Å². The van der Waals surface area contributed by atoms with Crippen LogP contribution in [0.2, 0.25) is 0 Å². The van der Waals surface area contributed by atoms with Crippen molar-refractivity contribution >= 4 is 23.8 Å². The molecule has 0 aromatic rings. The third-order valence-corrected chi connectivity index (χ3v) is 3.57. The van der Waals surface area contributed by atoms with Gasteiger partial charge in [0.25, 0.3) is 0 Å². The van der Waals surface area contributed by atoms with Gasteiger partial charge in [-0.15, -0.1) is 0 Å². The van der Waals surface area contributed by atoms with E-state index in [1.807, 2.05) is 0 Å². The summed E-state index contributed by atoms with van der Waals surface area (Å²) in [5.74, 6) is -4.50. The summed E-state index contributed by atoms with van der Waals surface area (Å²) in [7, 11) is 3.39. The highest BCUT2D eigenvalue weighted by Gasteiger charge is 2.40. The fraction of sp³-hybridized carbons (Fsp3) is 0.714. The second-order valence-electron chi connectivity index (χ2n) is 4.98. The van der Waals surface area contributed by atoms with Gasteiger partial charge in [0.2, 0.25) is 5.91 Å². The van der Waals surface area contributed by atoms with E-state index >= 15 is 0 Å². The number of carbonyl (C=O) groups excluding carboxylic acids is 4. The van der Waals surface area contributed by atoms with Gasteiger partial charge in [-0.1, -0.05) is 0 Å². The monoisotopic (exact) mass is 331 g/mol. The minimum atomic E-state index is -1.35. The maximum absolute atomic E-state index is 12.2. The SMILES string of the molecule is COC(=O)C[C@@H](C(=O)OC)[C@@H](NC(=O)[C@H]1CCOC1)C(=O)OC. The summed E-state index contributed by atoms with van der Waals surface area (Å²) in [5.41, 5.74) is 0. The van der Waals surface area contributed by atoms with Crippen LogP contribution in [0, 0.1) is 11.8 Å². The first-order valence-electron chi connectivity index (χ1n) is 7.05. The van der Waals surface area contributed by atoms with Gasteiger partial charge in [0.05, 0.1) is 46.2 Å². The van der Waals surface area contributed by atoms with Gasteiger partial charge in [-0.2, -0.15) is 0 Å². The molecule has 1 aliphatic heterocycles. The van der Waals surface area contributed by atoms with Crippen molar-refractivity contribution in [3.63, 3.8) is 0 Å². The van der Waals surface area contributed by atoms with Gasteiger partial charge in [-0.25, -0.2) is 4.79 Å². The molecule has 1 rings (SSSR count). The summed E-state index contributed by atoms with van der Waals surface area (Å²) in [5, 5.41) is 2.45. The highest BCUT2D eigenvalue weighted by Crippen LogP contribution is 2.17. The summed E-state index contributed by atoms with van der Waals surface area (Å²) in [4.78, 5) is 47.5. The molecule has 1 heterocycles. The molecule has 0 saturated carbocycles. The van der Waals surface area contributed by atoms with Crippen molar-refractivity contribution in [2.75, 3.05) is 34.5 Å². The lowest BCUT2D eigenvalue weighted by Crippen LogP contribution is -2.51. The third kappa shape index (κ3) is 5.20. The first-order valence-corrected chi connectivity index (χ1v) is 7.05. The Bertz CT molecular complexity index is 458. The summed E-state index contributed by atoms with van der Waals surface area (Å²) >= 11 is 0. The van der Waals surface area contributed by atoms with E-state index < -0.39 is 48.1 Å². The quantitative estimate of drug-likeness (QED) is 0.468. The number of amides is 1. The van der Waals surface area contributed by atoms with Crippen molar-refractivity contribution in [2.24, 2.45) is 11.8 Å². The molecule has 1 amide bonds. The van der Waals surface area contributed by atoms with Gasteiger partial charge in [-0.05, 0) is 6.42 Å². The molecule has 1 fully saturated rings. The molecule has 0 radical (unpaired) electrons. The smallest absolute Gasteiger partial charge is 0.329 e. The third-order valence-electron chi connectivity index (χ3n) is 3.57. The Kier molecular flexibility index (Phi) is 7.46. The van der Waals surface area contributed by atoms with Gasteiger partial charge in [-0.3, -0.25) is 14.4 Å². The molecule has 9 heteroatoms. The van der Waals surface area contributed by atoms with Crippen molar-refractivity contribution in [3.8, 4) is 0 Å². The van der Waals surface area contributed by atoms with Crippen LogP contribution in [-0.4, -0.2) is 64.4 Å². The highest BCUT2D eigenvalue weighted by molar-refractivity contribution is 5.91. The number of methoxy groups -OCH3 is 3. The second-order valence-corrected chi connectivity index (χ2v) is 4.98. The Hall–Kier alpha value is -2.16. The van der Waals surface area contributed by atoms with E-state index in [0.717, 1.165) is 21.3 Å². The lowest BCUT2D eigenvalue weighted by Gasteiger charge is -2.24. The fourth-order valence-electron chi connectivity index (χ4n) is 2.21. The van der Waals surface area contributed by atoms with Crippen LogP contribution in [0.3, 0.4) is 0 Å². The van der Waals surface area contributed by atoms with E-state index in [9.17, 15) is 19.2 Å². The first-order chi connectivity index (χ1) is 10.9. The predicted octanol–water partition coefficient (Wildman–Crippen LogP) is -0.967. The molecule has 3 atom stereocenters. The molecule has 0 aliphatic carbocycles. The van der Waals surface area contributed by atoms with Crippen LogP contribution >= 0.6 is 0 Å². The number of nitrogens with one attached hydrogen (secondary N) is 1. The summed E-state index contributed by atoms with van der Waals surface area (Å²) in [6.45, 7) is 0.684. The molecule has 1 saturated heterocycles.